The summed E-state index contributed by atoms with van der Waals surface area (Å²) in [5.74, 6) is -0.134. The normalized spacial score (nSPS) is 18.9. The van der Waals surface area contributed by atoms with Crippen molar-refractivity contribution in [1.29, 1.82) is 0 Å². The Kier molecular flexibility index (Phi) is 5.01. The lowest BCUT2D eigenvalue weighted by atomic mass is 9.86. The van der Waals surface area contributed by atoms with E-state index in [0.29, 0.717) is 17.6 Å². The lowest BCUT2D eigenvalue weighted by Gasteiger charge is -2.37. The van der Waals surface area contributed by atoms with Crippen LogP contribution in [0.2, 0.25) is 5.02 Å². The minimum Gasteiger partial charge on any atom is -0.381 e. The van der Waals surface area contributed by atoms with Crippen LogP contribution in [0.1, 0.15) is 28.8 Å². The number of benzene rings is 1. The van der Waals surface area contributed by atoms with E-state index in [1.165, 1.54) is 5.56 Å². The molecule has 1 aromatic carbocycles. The second-order valence-corrected chi connectivity index (χ2v) is 7.32. The van der Waals surface area contributed by atoms with E-state index in [-0.39, 0.29) is 5.91 Å². The highest BCUT2D eigenvalue weighted by molar-refractivity contribution is 6.30. The number of aromatic nitrogens is 2. The fourth-order valence-electron chi connectivity index (χ4n) is 3.44. The molecule has 1 aliphatic carbocycles. The van der Waals surface area contributed by atoms with E-state index in [1.54, 1.807) is 13.2 Å². The van der Waals surface area contributed by atoms with Crippen molar-refractivity contribution in [3.63, 3.8) is 0 Å². The molecule has 0 spiro atoms. The predicted octanol–water partition coefficient (Wildman–Crippen LogP) is 3.31. The Bertz CT molecular complexity index is 947. The number of aromatic amines is 1. The van der Waals surface area contributed by atoms with Gasteiger partial charge >= 0.3 is 0 Å². The smallest absolute Gasteiger partial charge is 0.254 e. The van der Waals surface area contributed by atoms with E-state index in [9.17, 15) is 4.79 Å². The topological polar surface area (TPSA) is 81.8 Å². The number of carbonyl (C=O) groups is 1. The minimum atomic E-state index is -0.134. The molecule has 2 heterocycles. The van der Waals surface area contributed by atoms with Crippen molar-refractivity contribution in [3.8, 4) is 0 Å². The number of hydrogen-bond acceptors (Lipinski definition) is 4. The molecule has 0 unspecified atom stereocenters. The summed E-state index contributed by atoms with van der Waals surface area (Å²) in [4.78, 5) is 19.6. The van der Waals surface area contributed by atoms with Crippen LogP contribution < -0.4 is 16.0 Å². The first kappa shape index (κ1) is 17.8. The van der Waals surface area contributed by atoms with Crippen LogP contribution >= 0.6 is 11.6 Å². The molecule has 0 saturated heterocycles. The Balaban J connectivity index is 1.39. The Labute approximate surface area is 162 Å². The maximum atomic E-state index is 12.2. The zero-order valence-electron chi connectivity index (χ0n) is 15.1. The molecule has 4 N–H and O–H groups in total. The summed E-state index contributed by atoms with van der Waals surface area (Å²) < 4.78 is 0. The summed E-state index contributed by atoms with van der Waals surface area (Å²) in [6, 6.07) is 10.6. The van der Waals surface area contributed by atoms with E-state index < -0.39 is 0 Å². The Hall–Kier alpha value is -2.57. The predicted molar refractivity (Wildman–Crippen MR) is 108 cm³/mol. The van der Waals surface area contributed by atoms with Crippen molar-refractivity contribution in [2.45, 2.75) is 31.5 Å². The van der Waals surface area contributed by atoms with Gasteiger partial charge in [-0.1, -0.05) is 23.7 Å². The van der Waals surface area contributed by atoms with Gasteiger partial charge in [-0.25, -0.2) is 4.98 Å². The summed E-state index contributed by atoms with van der Waals surface area (Å²) in [5.41, 5.74) is 3.42. The van der Waals surface area contributed by atoms with Crippen LogP contribution in [0, 0.1) is 0 Å². The molecule has 0 bridgehead atoms. The third-order valence-electron chi connectivity index (χ3n) is 5.05. The summed E-state index contributed by atoms with van der Waals surface area (Å²) in [5, 5.41) is 11.5. The number of carbonyl (C=O) groups excluding carboxylic acids is 1. The highest BCUT2D eigenvalue weighted by atomic mass is 35.5. The van der Waals surface area contributed by atoms with Crippen LogP contribution in [0.5, 0.6) is 0 Å². The SMILES string of the molecule is CNC(=O)c1cnc2[nH]ccc2c1NC1CC(NCc2ccc(Cl)cc2)C1. The van der Waals surface area contributed by atoms with Gasteiger partial charge in [0, 0.05) is 48.5 Å². The summed E-state index contributed by atoms with van der Waals surface area (Å²) in [6.07, 6.45) is 5.48. The van der Waals surface area contributed by atoms with Crippen LogP contribution in [-0.2, 0) is 6.54 Å². The minimum absolute atomic E-state index is 0.134. The highest BCUT2D eigenvalue weighted by Gasteiger charge is 2.30. The van der Waals surface area contributed by atoms with Crippen LogP contribution in [0.4, 0.5) is 5.69 Å². The fraction of sp³-hybridized carbons (Fsp3) is 0.300. The highest BCUT2D eigenvalue weighted by Crippen LogP contribution is 2.31. The molecular weight excluding hydrogens is 362 g/mol. The summed E-state index contributed by atoms with van der Waals surface area (Å²) in [6.45, 7) is 0.829. The molecule has 0 atom stereocenters. The molecule has 1 saturated carbocycles. The zero-order valence-corrected chi connectivity index (χ0v) is 15.8. The molecule has 1 aliphatic rings. The second-order valence-electron chi connectivity index (χ2n) is 6.88. The third-order valence-corrected chi connectivity index (χ3v) is 5.30. The van der Waals surface area contributed by atoms with Gasteiger partial charge in [-0.3, -0.25) is 4.79 Å². The van der Waals surface area contributed by atoms with Crippen LogP contribution in [0.25, 0.3) is 11.0 Å². The standard InChI is InChI=1S/C20H22ClN5O/c1-22-20(27)17-11-25-19-16(6-7-23-19)18(17)26-15-8-14(9-15)24-10-12-2-4-13(21)5-3-12/h2-7,11,14-15,24H,8-10H2,1H3,(H,22,27)(H2,23,25,26). The zero-order chi connectivity index (χ0) is 18.8. The van der Waals surface area contributed by atoms with E-state index >= 15 is 0 Å². The average molecular weight is 384 g/mol. The summed E-state index contributed by atoms with van der Waals surface area (Å²) >= 11 is 5.92. The molecule has 4 rings (SSSR count). The number of nitrogens with zero attached hydrogens (tertiary/aromatic N) is 1. The van der Waals surface area contributed by atoms with Crippen molar-refractivity contribution < 1.29 is 4.79 Å². The average Bonchev–Trinajstić information content (AvgIpc) is 3.13. The monoisotopic (exact) mass is 383 g/mol. The van der Waals surface area contributed by atoms with Gasteiger partial charge in [0.2, 0.25) is 0 Å². The van der Waals surface area contributed by atoms with Crippen molar-refractivity contribution in [1.82, 2.24) is 20.6 Å². The number of halogens is 1. The maximum absolute atomic E-state index is 12.2. The van der Waals surface area contributed by atoms with Crippen molar-refractivity contribution in [2.75, 3.05) is 12.4 Å². The van der Waals surface area contributed by atoms with Gasteiger partial charge in [-0.2, -0.15) is 0 Å². The van der Waals surface area contributed by atoms with Crippen molar-refractivity contribution >= 4 is 34.2 Å². The van der Waals surface area contributed by atoms with Gasteiger partial charge in [0.05, 0.1) is 11.3 Å². The van der Waals surface area contributed by atoms with Gasteiger partial charge in [0.25, 0.3) is 5.91 Å². The number of anilines is 1. The Morgan fingerprint density at radius 2 is 2.00 bits per heavy atom. The van der Waals surface area contributed by atoms with E-state index in [0.717, 1.165) is 41.1 Å². The first-order valence-electron chi connectivity index (χ1n) is 9.06. The maximum Gasteiger partial charge on any atom is 0.254 e. The van der Waals surface area contributed by atoms with Gasteiger partial charge in [0.15, 0.2) is 0 Å². The van der Waals surface area contributed by atoms with Crippen molar-refractivity contribution in [3.05, 3.63) is 58.9 Å². The largest absolute Gasteiger partial charge is 0.381 e. The summed E-state index contributed by atoms with van der Waals surface area (Å²) in [7, 11) is 1.63. The number of rotatable bonds is 6. The lowest BCUT2D eigenvalue weighted by Crippen LogP contribution is -2.47. The van der Waals surface area contributed by atoms with Gasteiger partial charge in [-0.05, 0) is 36.6 Å². The molecule has 7 heteroatoms. The Morgan fingerprint density at radius 3 is 2.74 bits per heavy atom. The van der Waals surface area contributed by atoms with Crippen LogP contribution in [0.3, 0.4) is 0 Å². The fourth-order valence-corrected chi connectivity index (χ4v) is 3.57. The van der Waals surface area contributed by atoms with Crippen LogP contribution in [-0.4, -0.2) is 35.0 Å². The molecule has 2 aromatic heterocycles. The number of pyridine rings is 1. The van der Waals surface area contributed by atoms with Gasteiger partial charge in [0.1, 0.15) is 5.65 Å². The Morgan fingerprint density at radius 1 is 1.22 bits per heavy atom. The molecule has 1 amide bonds. The third kappa shape index (κ3) is 3.77. The number of fused-ring (bicyclic) bond motifs is 1. The number of hydrogen-bond donors (Lipinski definition) is 4. The van der Waals surface area contributed by atoms with Gasteiger partial charge < -0.3 is 20.9 Å². The lowest BCUT2D eigenvalue weighted by molar-refractivity contribution is 0.0963. The van der Waals surface area contributed by atoms with E-state index in [1.807, 2.05) is 36.5 Å². The number of amides is 1. The molecule has 27 heavy (non-hydrogen) atoms. The molecule has 0 aliphatic heterocycles. The first-order valence-corrected chi connectivity index (χ1v) is 9.44. The van der Waals surface area contributed by atoms with Gasteiger partial charge in [-0.15, -0.1) is 0 Å². The van der Waals surface area contributed by atoms with Crippen LogP contribution in [0.15, 0.2) is 42.7 Å². The van der Waals surface area contributed by atoms with Crippen molar-refractivity contribution in [2.24, 2.45) is 0 Å². The first-order chi connectivity index (χ1) is 13.1. The molecule has 6 nitrogen and oxygen atoms in total. The quantitative estimate of drug-likeness (QED) is 0.526. The number of H-pyrrole nitrogens is 1. The van der Waals surface area contributed by atoms with E-state index in [4.69, 9.17) is 11.6 Å². The van der Waals surface area contributed by atoms with E-state index in [2.05, 4.69) is 25.9 Å². The molecular formula is C20H22ClN5O. The molecule has 3 aromatic rings. The number of nitrogens with one attached hydrogen (secondary N) is 4. The second kappa shape index (κ2) is 7.58. The molecule has 0 radical (unpaired) electrons. The molecule has 1 fully saturated rings. The molecule has 140 valence electrons.